The van der Waals surface area contributed by atoms with E-state index in [2.05, 4.69) is 10.6 Å². The van der Waals surface area contributed by atoms with E-state index in [1.54, 1.807) is 6.92 Å². The fourth-order valence-electron chi connectivity index (χ4n) is 4.87. The molecule has 0 bridgehead atoms. The normalized spacial score (nSPS) is 26.2. The lowest BCUT2D eigenvalue weighted by Gasteiger charge is -2.44. The molecule has 0 unspecified atom stereocenters. The first-order valence-electron chi connectivity index (χ1n) is 10.3. The second kappa shape index (κ2) is 7.72. The molecule has 158 valence electrons. The molecule has 0 saturated carbocycles. The number of anilines is 2. The maximum atomic E-state index is 14.4. The Bertz CT molecular complexity index is 981. The summed E-state index contributed by atoms with van der Waals surface area (Å²) in [6.07, 6.45) is 0.686. The number of benzene rings is 2. The first-order valence-corrected chi connectivity index (χ1v) is 10.3. The molecule has 0 aromatic heterocycles. The molecule has 1 saturated heterocycles. The lowest BCUT2D eigenvalue weighted by Crippen LogP contribution is -2.55. The van der Waals surface area contributed by atoms with E-state index >= 15 is 0 Å². The standard InChI is InChI=1S/C23H27FN4O2/c1-3-26-19-12-15(24)11-18-20(19)27-22(30)23(18,2)28-10-9-16(17(13-28)21(25)29)14-7-5-4-6-8-14/h4-8,11-12,16-17,26H,3,9-10,13H2,1-2H3,(H2,25,29)(H,27,30)/t16-,17-,23+/m0/s1. The predicted octanol–water partition coefficient (Wildman–Crippen LogP) is 3.02. The van der Waals surface area contributed by atoms with Gasteiger partial charge in [0.25, 0.3) is 0 Å². The summed E-state index contributed by atoms with van der Waals surface area (Å²) in [5.74, 6) is -1.45. The van der Waals surface area contributed by atoms with Gasteiger partial charge in [-0.3, -0.25) is 14.5 Å². The molecule has 2 amide bonds. The van der Waals surface area contributed by atoms with Gasteiger partial charge in [-0.25, -0.2) is 4.39 Å². The zero-order chi connectivity index (χ0) is 21.5. The van der Waals surface area contributed by atoms with E-state index < -0.39 is 17.3 Å². The lowest BCUT2D eigenvalue weighted by molar-refractivity contribution is -0.133. The molecule has 0 spiro atoms. The summed E-state index contributed by atoms with van der Waals surface area (Å²) >= 11 is 0. The fourth-order valence-corrected chi connectivity index (χ4v) is 4.87. The third-order valence-electron chi connectivity index (χ3n) is 6.51. The summed E-state index contributed by atoms with van der Waals surface area (Å²) in [7, 11) is 0. The van der Waals surface area contributed by atoms with Crippen molar-refractivity contribution in [3.63, 3.8) is 0 Å². The van der Waals surface area contributed by atoms with Crippen molar-refractivity contribution in [2.24, 2.45) is 11.7 Å². The summed E-state index contributed by atoms with van der Waals surface area (Å²) in [6, 6.07) is 12.7. The van der Waals surface area contributed by atoms with Crippen LogP contribution < -0.4 is 16.4 Å². The van der Waals surface area contributed by atoms with Crippen molar-refractivity contribution in [2.75, 3.05) is 30.3 Å². The predicted molar refractivity (Wildman–Crippen MR) is 115 cm³/mol. The van der Waals surface area contributed by atoms with Gasteiger partial charge in [-0.2, -0.15) is 0 Å². The molecule has 0 aliphatic carbocycles. The summed E-state index contributed by atoms with van der Waals surface area (Å²) in [5, 5.41) is 6.05. The Morgan fingerprint density at radius 1 is 1.33 bits per heavy atom. The van der Waals surface area contributed by atoms with Crippen molar-refractivity contribution in [3.8, 4) is 0 Å². The van der Waals surface area contributed by atoms with Gasteiger partial charge in [0.15, 0.2) is 0 Å². The van der Waals surface area contributed by atoms with Crippen molar-refractivity contribution in [1.82, 2.24) is 4.90 Å². The number of nitrogens with two attached hydrogens (primary N) is 1. The zero-order valence-corrected chi connectivity index (χ0v) is 17.2. The summed E-state index contributed by atoms with van der Waals surface area (Å²) in [4.78, 5) is 27.4. The van der Waals surface area contributed by atoms with E-state index in [4.69, 9.17) is 5.73 Å². The van der Waals surface area contributed by atoms with Crippen LogP contribution in [0.3, 0.4) is 0 Å². The molecule has 6 nitrogen and oxygen atoms in total. The second-order valence-corrected chi connectivity index (χ2v) is 8.19. The van der Waals surface area contributed by atoms with Crippen LogP contribution in [-0.4, -0.2) is 36.3 Å². The van der Waals surface area contributed by atoms with Gasteiger partial charge in [0.05, 0.1) is 17.3 Å². The van der Waals surface area contributed by atoms with Crippen LogP contribution in [-0.2, 0) is 15.1 Å². The molecular formula is C23H27FN4O2. The number of rotatable bonds is 5. The molecule has 7 heteroatoms. The van der Waals surface area contributed by atoms with Crippen molar-refractivity contribution in [3.05, 3.63) is 59.4 Å². The Hall–Kier alpha value is -2.93. The second-order valence-electron chi connectivity index (χ2n) is 8.19. The number of primary amides is 1. The van der Waals surface area contributed by atoms with Crippen LogP contribution in [0, 0.1) is 11.7 Å². The van der Waals surface area contributed by atoms with Gasteiger partial charge in [-0.05, 0) is 43.9 Å². The van der Waals surface area contributed by atoms with Crippen molar-refractivity contribution in [1.29, 1.82) is 0 Å². The SMILES string of the molecule is CCNc1cc(F)cc2c1NC(=O)[C@]2(C)N1CC[C@@H](c2ccccc2)[C@@H](C(N)=O)C1. The van der Waals surface area contributed by atoms with Crippen molar-refractivity contribution >= 4 is 23.2 Å². The maximum absolute atomic E-state index is 14.4. The first kappa shape index (κ1) is 20.3. The lowest BCUT2D eigenvalue weighted by atomic mass is 9.77. The molecule has 2 heterocycles. The van der Waals surface area contributed by atoms with E-state index in [0.29, 0.717) is 43.0 Å². The Labute approximate surface area is 175 Å². The molecule has 1 fully saturated rings. The molecular weight excluding hydrogens is 383 g/mol. The Morgan fingerprint density at radius 2 is 2.07 bits per heavy atom. The monoisotopic (exact) mass is 410 g/mol. The minimum atomic E-state index is -1.07. The van der Waals surface area contributed by atoms with Gasteiger partial charge in [-0.15, -0.1) is 0 Å². The van der Waals surface area contributed by atoms with E-state index in [0.717, 1.165) is 5.56 Å². The van der Waals surface area contributed by atoms with E-state index in [1.165, 1.54) is 12.1 Å². The molecule has 2 aliphatic heterocycles. The Kier molecular flexibility index (Phi) is 5.24. The number of piperidine rings is 1. The molecule has 0 radical (unpaired) electrons. The number of halogens is 1. The largest absolute Gasteiger partial charge is 0.384 e. The number of hydrogen-bond donors (Lipinski definition) is 3. The molecule has 30 heavy (non-hydrogen) atoms. The average Bonchev–Trinajstić information content (AvgIpc) is 3.00. The Morgan fingerprint density at radius 3 is 2.73 bits per heavy atom. The number of hydrogen-bond acceptors (Lipinski definition) is 4. The van der Waals surface area contributed by atoms with Gasteiger partial charge in [0.2, 0.25) is 11.8 Å². The van der Waals surface area contributed by atoms with Gasteiger partial charge in [-0.1, -0.05) is 30.3 Å². The highest BCUT2D eigenvalue weighted by atomic mass is 19.1. The van der Waals surface area contributed by atoms with Crippen LogP contribution in [0.15, 0.2) is 42.5 Å². The summed E-state index contributed by atoms with van der Waals surface area (Å²) < 4.78 is 14.4. The minimum Gasteiger partial charge on any atom is -0.384 e. The molecule has 2 aromatic carbocycles. The van der Waals surface area contributed by atoms with Crippen LogP contribution >= 0.6 is 0 Å². The fraction of sp³-hybridized carbons (Fsp3) is 0.391. The number of carbonyl (C=O) groups excluding carboxylic acids is 2. The molecule has 2 aliphatic rings. The van der Waals surface area contributed by atoms with Crippen LogP contribution in [0.5, 0.6) is 0 Å². The number of nitrogens with zero attached hydrogens (tertiary/aromatic N) is 1. The van der Waals surface area contributed by atoms with Crippen LogP contribution in [0.1, 0.15) is 37.3 Å². The van der Waals surface area contributed by atoms with Gasteiger partial charge < -0.3 is 16.4 Å². The van der Waals surface area contributed by atoms with Crippen LogP contribution in [0.25, 0.3) is 0 Å². The quantitative estimate of drug-likeness (QED) is 0.707. The zero-order valence-electron chi connectivity index (χ0n) is 17.2. The van der Waals surface area contributed by atoms with Crippen molar-refractivity contribution in [2.45, 2.75) is 31.7 Å². The molecule has 4 N–H and O–H groups in total. The Balaban J connectivity index is 1.70. The summed E-state index contributed by atoms with van der Waals surface area (Å²) in [6.45, 7) is 5.25. The van der Waals surface area contributed by atoms with E-state index in [9.17, 15) is 14.0 Å². The molecule has 3 atom stereocenters. The number of nitrogens with one attached hydrogen (secondary N) is 2. The highest BCUT2D eigenvalue weighted by Crippen LogP contribution is 2.47. The van der Waals surface area contributed by atoms with E-state index in [1.807, 2.05) is 42.2 Å². The molecule has 4 rings (SSSR count). The van der Waals surface area contributed by atoms with Gasteiger partial charge in [0.1, 0.15) is 11.4 Å². The highest BCUT2D eigenvalue weighted by Gasteiger charge is 2.51. The molecule has 2 aromatic rings. The summed E-state index contributed by atoms with van der Waals surface area (Å²) in [5.41, 5.74) is 7.54. The number of carbonyl (C=O) groups is 2. The van der Waals surface area contributed by atoms with Crippen molar-refractivity contribution < 1.29 is 14.0 Å². The van der Waals surface area contributed by atoms with Gasteiger partial charge >= 0.3 is 0 Å². The average molecular weight is 410 g/mol. The third kappa shape index (κ3) is 3.23. The van der Waals surface area contributed by atoms with Crippen LogP contribution in [0.4, 0.5) is 15.8 Å². The third-order valence-corrected chi connectivity index (χ3v) is 6.51. The topological polar surface area (TPSA) is 87.5 Å². The maximum Gasteiger partial charge on any atom is 0.249 e. The number of fused-ring (bicyclic) bond motifs is 1. The highest BCUT2D eigenvalue weighted by molar-refractivity contribution is 6.08. The van der Waals surface area contributed by atoms with Gasteiger partial charge in [0, 0.05) is 25.2 Å². The smallest absolute Gasteiger partial charge is 0.249 e. The first-order chi connectivity index (χ1) is 14.4. The number of likely N-dealkylation sites (tertiary alicyclic amines) is 1. The van der Waals surface area contributed by atoms with E-state index in [-0.39, 0.29) is 17.7 Å². The minimum absolute atomic E-state index is 0.00249. The number of amides is 2. The van der Waals surface area contributed by atoms with Crippen LogP contribution in [0.2, 0.25) is 0 Å².